The van der Waals surface area contributed by atoms with E-state index in [9.17, 15) is 0 Å². The van der Waals surface area contributed by atoms with Gasteiger partial charge in [0.05, 0.1) is 0 Å². The molecule has 2 nitrogen and oxygen atoms in total. The van der Waals surface area contributed by atoms with Gasteiger partial charge in [-0.15, -0.1) is 0 Å². The molecule has 0 saturated carbocycles. The summed E-state index contributed by atoms with van der Waals surface area (Å²) in [5.41, 5.74) is 3.09. The standard InChI is InChI=1S/C19H32N2/c1-15-10-11-16(2)21(13-15)14-18-9-7-6-8-17(18)12-20-19(3,4)5/h6-9,15-16,20H,10-14H2,1-5H3. The van der Waals surface area contributed by atoms with Crippen molar-refractivity contribution in [2.24, 2.45) is 5.92 Å². The third-order valence-corrected chi connectivity index (χ3v) is 4.55. The fourth-order valence-corrected chi connectivity index (χ4v) is 3.06. The van der Waals surface area contributed by atoms with E-state index in [2.05, 4.69) is 69.1 Å². The van der Waals surface area contributed by atoms with E-state index in [1.807, 2.05) is 0 Å². The number of nitrogens with one attached hydrogen (secondary N) is 1. The molecule has 1 heterocycles. The number of likely N-dealkylation sites (tertiary alicyclic amines) is 1. The van der Waals surface area contributed by atoms with Gasteiger partial charge in [-0.05, 0) is 57.6 Å². The summed E-state index contributed by atoms with van der Waals surface area (Å²) in [5.74, 6) is 0.834. The summed E-state index contributed by atoms with van der Waals surface area (Å²) in [6, 6.07) is 9.61. The van der Waals surface area contributed by atoms with Crippen molar-refractivity contribution in [3.8, 4) is 0 Å². The van der Waals surface area contributed by atoms with Crippen molar-refractivity contribution in [2.75, 3.05) is 6.54 Å². The van der Waals surface area contributed by atoms with Crippen LogP contribution >= 0.6 is 0 Å². The van der Waals surface area contributed by atoms with Crippen LogP contribution in [-0.4, -0.2) is 23.0 Å². The lowest BCUT2D eigenvalue weighted by Gasteiger charge is -2.37. The fraction of sp³-hybridized carbons (Fsp3) is 0.684. The average Bonchev–Trinajstić information content (AvgIpc) is 2.41. The van der Waals surface area contributed by atoms with E-state index in [1.54, 1.807) is 0 Å². The highest BCUT2D eigenvalue weighted by molar-refractivity contribution is 5.27. The summed E-state index contributed by atoms with van der Waals surface area (Å²) in [7, 11) is 0. The molecular weight excluding hydrogens is 256 g/mol. The van der Waals surface area contributed by atoms with Crippen LogP contribution in [0.25, 0.3) is 0 Å². The molecule has 1 aromatic carbocycles. The van der Waals surface area contributed by atoms with Crippen molar-refractivity contribution in [2.45, 2.75) is 72.1 Å². The van der Waals surface area contributed by atoms with Gasteiger partial charge in [0.25, 0.3) is 0 Å². The summed E-state index contributed by atoms with van der Waals surface area (Å²) < 4.78 is 0. The minimum Gasteiger partial charge on any atom is -0.308 e. The molecule has 0 amide bonds. The Kier molecular flexibility index (Phi) is 5.45. The molecule has 0 aromatic heterocycles. The lowest BCUT2D eigenvalue weighted by Crippen LogP contribution is -2.41. The van der Waals surface area contributed by atoms with Crippen LogP contribution in [0, 0.1) is 5.92 Å². The molecule has 2 rings (SSSR count). The van der Waals surface area contributed by atoms with Crippen LogP contribution in [0.1, 0.15) is 58.6 Å². The van der Waals surface area contributed by atoms with Crippen LogP contribution in [-0.2, 0) is 13.1 Å². The first-order valence-electron chi connectivity index (χ1n) is 8.41. The molecule has 2 atom stereocenters. The van der Waals surface area contributed by atoms with Crippen molar-refractivity contribution in [3.63, 3.8) is 0 Å². The largest absolute Gasteiger partial charge is 0.308 e. The third-order valence-electron chi connectivity index (χ3n) is 4.55. The van der Waals surface area contributed by atoms with Crippen LogP contribution < -0.4 is 5.32 Å². The molecule has 1 fully saturated rings. The molecule has 0 radical (unpaired) electrons. The molecule has 1 aromatic rings. The summed E-state index contributed by atoms with van der Waals surface area (Å²) in [6.45, 7) is 14.7. The van der Waals surface area contributed by atoms with Crippen LogP contribution in [0.4, 0.5) is 0 Å². The Balaban J connectivity index is 2.05. The highest BCUT2D eigenvalue weighted by Crippen LogP contribution is 2.24. The number of rotatable bonds is 4. The molecule has 1 saturated heterocycles. The zero-order valence-electron chi connectivity index (χ0n) is 14.4. The predicted molar refractivity (Wildman–Crippen MR) is 91.3 cm³/mol. The Morgan fingerprint density at radius 2 is 1.76 bits per heavy atom. The zero-order valence-corrected chi connectivity index (χ0v) is 14.4. The maximum absolute atomic E-state index is 3.62. The number of benzene rings is 1. The molecule has 1 N–H and O–H groups in total. The van der Waals surface area contributed by atoms with Gasteiger partial charge in [0.15, 0.2) is 0 Å². The Bertz CT molecular complexity index is 447. The lowest BCUT2D eigenvalue weighted by molar-refractivity contribution is 0.117. The Labute approximate surface area is 130 Å². The Morgan fingerprint density at radius 1 is 1.10 bits per heavy atom. The van der Waals surface area contributed by atoms with Crippen LogP contribution in [0.5, 0.6) is 0 Å². The van der Waals surface area contributed by atoms with Gasteiger partial charge >= 0.3 is 0 Å². The molecule has 0 aliphatic carbocycles. The van der Waals surface area contributed by atoms with E-state index in [0.717, 1.165) is 19.0 Å². The summed E-state index contributed by atoms with van der Waals surface area (Å²) >= 11 is 0. The highest BCUT2D eigenvalue weighted by atomic mass is 15.2. The van der Waals surface area contributed by atoms with Gasteiger partial charge in [0.1, 0.15) is 0 Å². The second-order valence-corrected chi connectivity index (χ2v) is 7.83. The third kappa shape index (κ3) is 5.12. The second kappa shape index (κ2) is 6.93. The maximum atomic E-state index is 3.62. The van der Waals surface area contributed by atoms with Gasteiger partial charge < -0.3 is 5.32 Å². The molecule has 21 heavy (non-hydrogen) atoms. The molecular formula is C19H32N2. The van der Waals surface area contributed by atoms with Gasteiger partial charge in [0, 0.05) is 31.2 Å². The van der Waals surface area contributed by atoms with Gasteiger partial charge in [-0.1, -0.05) is 31.2 Å². The Hall–Kier alpha value is -0.860. The van der Waals surface area contributed by atoms with Crippen LogP contribution in [0.15, 0.2) is 24.3 Å². The quantitative estimate of drug-likeness (QED) is 0.893. The van der Waals surface area contributed by atoms with E-state index >= 15 is 0 Å². The fourth-order valence-electron chi connectivity index (χ4n) is 3.06. The lowest BCUT2D eigenvalue weighted by atomic mass is 9.94. The SMILES string of the molecule is CC1CCC(C)N(Cc2ccccc2CNC(C)(C)C)C1. The number of hydrogen-bond acceptors (Lipinski definition) is 2. The highest BCUT2D eigenvalue weighted by Gasteiger charge is 2.23. The van der Waals surface area contributed by atoms with E-state index < -0.39 is 0 Å². The zero-order chi connectivity index (χ0) is 15.5. The summed E-state index contributed by atoms with van der Waals surface area (Å²) in [5, 5.41) is 3.62. The van der Waals surface area contributed by atoms with Gasteiger partial charge in [-0.25, -0.2) is 0 Å². The minimum absolute atomic E-state index is 0.167. The van der Waals surface area contributed by atoms with E-state index in [0.29, 0.717) is 6.04 Å². The maximum Gasteiger partial charge on any atom is 0.0239 e. The average molecular weight is 288 g/mol. The van der Waals surface area contributed by atoms with Crippen LogP contribution in [0.3, 0.4) is 0 Å². The molecule has 2 unspecified atom stereocenters. The minimum atomic E-state index is 0.167. The summed E-state index contributed by atoms with van der Waals surface area (Å²) in [4.78, 5) is 2.66. The number of hydrogen-bond donors (Lipinski definition) is 1. The van der Waals surface area contributed by atoms with Gasteiger partial charge in [-0.3, -0.25) is 4.90 Å². The first-order chi connectivity index (χ1) is 9.85. The molecule has 0 spiro atoms. The normalized spacial score (nSPS) is 24.2. The first kappa shape index (κ1) is 16.5. The van der Waals surface area contributed by atoms with E-state index in [1.165, 1.54) is 30.5 Å². The monoisotopic (exact) mass is 288 g/mol. The first-order valence-corrected chi connectivity index (χ1v) is 8.41. The molecule has 118 valence electrons. The van der Waals surface area contributed by atoms with Gasteiger partial charge in [-0.2, -0.15) is 0 Å². The van der Waals surface area contributed by atoms with Gasteiger partial charge in [0.2, 0.25) is 0 Å². The summed E-state index contributed by atoms with van der Waals surface area (Å²) in [6.07, 6.45) is 2.72. The molecule has 1 aliphatic rings. The molecule has 2 heteroatoms. The van der Waals surface area contributed by atoms with Crippen molar-refractivity contribution >= 4 is 0 Å². The molecule has 0 bridgehead atoms. The molecule has 1 aliphatic heterocycles. The van der Waals surface area contributed by atoms with Crippen molar-refractivity contribution in [1.82, 2.24) is 10.2 Å². The smallest absolute Gasteiger partial charge is 0.0239 e. The second-order valence-electron chi connectivity index (χ2n) is 7.83. The van der Waals surface area contributed by atoms with E-state index in [4.69, 9.17) is 0 Å². The van der Waals surface area contributed by atoms with Crippen molar-refractivity contribution in [3.05, 3.63) is 35.4 Å². The predicted octanol–water partition coefficient (Wildman–Crippen LogP) is 4.20. The Morgan fingerprint density at radius 3 is 2.43 bits per heavy atom. The van der Waals surface area contributed by atoms with Crippen LogP contribution in [0.2, 0.25) is 0 Å². The van der Waals surface area contributed by atoms with Crippen molar-refractivity contribution < 1.29 is 0 Å². The number of nitrogens with zero attached hydrogens (tertiary/aromatic N) is 1. The number of piperidine rings is 1. The van der Waals surface area contributed by atoms with Crippen molar-refractivity contribution in [1.29, 1.82) is 0 Å². The topological polar surface area (TPSA) is 15.3 Å². The van der Waals surface area contributed by atoms with E-state index in [-0.39, 0.29) is 5.54 Å².